The number of nitrogens with one attached hydrogen (secondary N) is 1. The molecular weight excluding hydrogens is 359 g/mol. The average molecular weight is 380 g/mol. The van der Waals surface area contributed by atoms with Crippen LogP contribution in [0.25, 0.3) is 0 Å². The first-order valence-electron chi connectivity index (χ1n) is 7.97. The number of hydrogen-bond donors (Lipinski definition) is 1. The second-order valence-corrected chi connectivity index (χ2v) is 7.85. The third kappa shape index (κ3) is 4.80. The quantitative estimate of drug-likeness (QED) is 0.801. The Morgan fingerprint density at radius 2 is 1.81 bits per heavy atom. The summed E-state index contributed by atoms with van der Waals surface area (Å²) in [7, 11) is -0.893. The van der Waals surface area contributed by atoms with Crippen LogP contribution in [0.2, 0.25) is 0 Å². The number of ether oxygens (including phenoxy) is 1. The lowest BCUT2D eigenvalue weighted by atomic mass is 10.1. The van der Waals surface area contributed by atoms with Crippen molar-refractivity contribution in [1.29, 1.82) is 0 Å². The molecule has 26 heavy (non-hydrogen) atoms. The molecule has 0 aliphatic rings. The van der Waals surface area contributed by atoms with Crippen molar-refractivity contribution >= 4 is 21.6 Å². The number of sulfonamides is 1. The Labute approximate surface area is 152 Å². The van der Waals surface area contributed by atoms with Crippen LogP contribution >= 0.6 is 0 Å². The number of rotatable bonds is 7. The molecule has 0 aromatic heterocycles. The molecule has 0 aliphatic heterocycles. The van der Waals surface area contributed by atoms with Gasteiger partial charge in [0, 0.05) is 19.8 Å². The van der Waals surface area contributed by atoms with Crippen molar-refractivity contribution in [3.8, 4) is 5.75 Å². The molecule has 0 atom stereocenters. The van der Waals surface area contributed by atoms with E-state index in [1.165, 1.54) is 50.5 Å². The Kier molecular flexibility index (Phi) is 6.33. The maximum absolute atomic E-state index is 12.9. The summed E-state index contributed by atoms with van der Waals surface area (Å²) < 4.78 is 44.4. The van der Waals surface area contributed by atoms with Crippen molar-refractivity contribution in [3.63, 3.8) is 0 Å². The van der Waals surface area contributed by atoms with Crippen LogP contribution in [0.3, 0.4) is 0 Å². The van der Waals surface area contributed by atoms with Gasteiger partial charge in [-0.25, -0.2) is 17.1 Å². The molecule has 6 nitrogen and oxygen atoms in total. The number of anilines is 1. The maximum Gasteiger partial charge on any atom is 0.246 e. The highest BCUT2D eigenvalue weighted by Crippen LogP contribution is 2.29. The maximum atomic E-state index is 12.9. The van der Waals surface area contributed by atoms with Crippen LogP contribution in [0.5, 0.6) is 5.75 Å². The van der Waals surface area contributed by atoms with E-state index in [4.69, 9.17) is 4.74 Å². The summed E-state index contributed by atoms with van der Waals surface area (Å²) >= 11 is 0. The predicted octanol–water partition coefficient (Wildman–Crippen LogP) is 2.66. The molecule has 1 N–H and O–H groups in total. The van der Waals surface area contributed by atoms with E-state index in [-0.39, 0.29) is 28.8 Å². The fourth-order valence-corrected chi connectivity index (χ4v) is 3.30. The molecule has 2 aromatic carbocycles. The van der Waals surface area contributed by atoms with Gasteiger partial charge in [-0.15, -0.1) is 0 Å². The predicted molar refractivity (Wildman–Crippen MR) is 97.2 cm³/mol. The second kappa shape index (κ2) is 8.29. The Morgan fingerprint density at radius 1 is 1.15 bits per heavy atom. The van der Waals surface area contributed by atoms with Gasteiger partial charge in [-0.1, -0.05) is 12.1 Å². The van der Waals surface area contributed by atoms with E-state index in [0.29, 0.717) is 17.9 Å². The first-order valence-corrected chi connectivity index (χ1v) is 9.41. The third-order valence-electron chi connectivity index (χ3n) is 3.56. The van der Waals surface area contributed by atoms with E-state index in [1.807, 2.05) is 0 Å². The van der Waals surface area contributed by atoms with Gasteiger partial charge >= 0.3 is 0 Å². The molecule has 0 heterocycles. The van der Waals surface area contributed by atoms with Crippen molar-refractivity contribution in [2.24, 2.45) is 0 Å². The molecular formula is C18H21FN2O4S. The van der Waals surface area contributed by atoms with Crippen molar-refractivity contribution in [2.75, 3.05) is 26.0 Å². The summed E-state index contributed by atoms with van der Waals surface area (Å²) in [6.07, 6.45) is 0.0449. The molecule has 0 bridgehead atoms. The SMILES string of the molecule is CCOc1ccc(NC(=O)Cc2ccc(F)cc2)cc1S(=O)(=O)N(C)C. The van der Waals surface area contributed by atoms with Gasteiger partial charge in [0.25, 0.3) is 0 Å². The molecule has 0 fully saturated rings. The van der Waals surface area contributed by atoms with E-state index in [1.54, 1.807) is 13.0 Å². The minimum absolute atomic E-state index is 0.0241. The van der Waals surface area contributed by atoms with Gasteiger partial charge in [-0.2, -0.15) is 0 Å². The fraction of sp³-hybridized carbons (Fsp3) is 0.278. The summed E-state index contributed by atoms with van der Waals surface area (Å²) in [5, 5.41) is 2.65. The van der Waals surface area contributed by atoms with Crippen molar-refractivity contribution in [2.45, 2.75) is 18.2 Å². The smallest absolute Gasteiger partial charge is 0.246 e. The summed E-state index contributed by atoms with van der Waals surface area (Å²) in [5.41, 5.74) is 0.983. The molecule has 0 saturated carbocycles. The molecule has 2 aromatic rings. The third-order valence-corrected chi connectivity index (χ3v) is 5.40. The number of carbonyl (C=O) groups excluding carboxylic acids is 1. The number of hydrogen-bond acceptors (Lipinski definition) is 4. The molecule has 0 radical (unpaired) electrons. The highest BCUT2D eigenvalue weighted by Gasteiger charge is 2.23. The summed E-state index contributed by atoms with van der Waals surface area (Å²) in [6.45, 7) is 2.07. The van der Waals surface area contributed by atoms with Crippen LogP contribution in [0.15, 0.2) is 47.4 Å². The second-order valence-electron chi connectivity index (χ2n) is 5.73. The van der Waals surface area contributed by atoms with E-state index in [0.717, 1.165) is 4.31 Å². The highest BCUT2D eigenvalue weighted by atomic mass is 32.2. The van der Waals surface area contributed by atoms with E-state index in [9.17, 15) is 17.6 Å². The average Bonchev–Trinajstić information content (AvgIpc) is 2.58. The van der Waals surface area contributed by atoms with Crippen molar-refractivity contribution < 1.29 is 22.3 Å². The van der Waals surface area contributed by atoms with Crippen LogP contribution in [0.1, 0.15) is 12.5 Å². The first-order chi connectivity index (χ1) is 12.2. The molecule has 0 unspecified atom stereocenters. The summed E-state index contributed by atoms with van der Waals surface area (Å²) in [5.74, 6) is -0.495. The first kappa shape index (κ1) is 19.9. The zero-order chi connectivity index (χ0) is 19.3. The zero-order valence-electron chi connectivity index (χ0n) is 14.8. The molecule has 2 rings (SSSR count). The van der Waals surface area contributed by atoms with Gasteiger partial charge in [0.05, 0.1) is 13.0 Å². The number of carbonyl (C=O) groups is 1. The molecule has 140 valence electrons. The summed E-state index contributed by atoms with van der Waals surface area (Å²) in [4.78, 5) is 12.2. The number of halogens is 1. The Balaban J connectivity index is 2.24. The fourth-order valence-electron chi connectivity index (χ4n) is 2.25. The van der Waals surface area contributed by atoms with Gasteiger partial charge in [0.2, 0.25) is 15.9 Å². The van der Waals surface area contributed by atoms with Crippen LogP contribution in [0, 0.1) is 5.82 Å². The lowest BCUT2D eigenvalue weighted by Crippen LogP contribution is -2.23. The monoisotopic (exact) mass is 380 g/mol. The minimum atomic E-state index is -3.74. The van der Waals surface area contributed by atoms with Crippen molar-refractivity contribution in [3.05, 3.63) is 53.8 Å². The van der Waals surface area contributed by atoms with Gasteiger partial charge in [0.15, 0.2) is 0 Å². The minimum Gasteiger partial charge on any atom is -0.492 e. The Bertz CT molecular complexity index is 881. The number of amides is 1. The Morgan fingerprint density at radius 3 is 2.38 bits per heavy atom. The van der Waals surface area contributed by atoms with E-state index < -0.39 is 10.0 Å². The van der Waals surface area contributed by atoms with Crippen LogP contribution in [-0.4, -0.2) is 39.3 Å². The van der Waals surface area contributed by atoms with Gasteiger partial charge in [0.1, 0.15) is 16.5 Å². The highest BCUT2D eigenvalue weighted by molar-refractivity contribution is 7.89. The van der Waals surface area contributed by atoms with Gasteiger partial charge in [-0.3, -0.25) is 4.79 Å². The molecule has 0 saturated heterocycles. The zero-order valence-corrected chi connectivity index (χ0v) is 15.6. The lowest BCUT2D eigenvalue weighted by Gasteiger charge is -2.16. The Hall–Kier alpha value is -2.45. The standard InChI is InChI=1S/C18H21FN2O4S/c1-4-25-16-10-9-15(12-17(16)26(23,24)21(2)3)20-18(22)11-13-5-7-14(19)8-6-13/h5-10,12H,4,11H2,1-3H3,(H,20,22). The van der Waals surface area contributed by atoms with Gasteiger partial charge in [-0.05, 0) is 42.8 Å². The van der Waals surface area contributed by atoms with E-state index >= 15 is 0 Å². The van der Waals surface area contributed by atoms with Crippen LogP contribution in [0.4, 0.5) is 10.1 Å². The van der Waals surface area contributed by atoms with Gasteiger partial charge < -0.3 is 10.1 Å². The van der Waals surface area contributed by atoms with Crippen LogP contribution < -0.4 is 10.1 Å². The molecule has 0 spiro atoms. The lowest BCUT2D eigenvalue weighted by molar-refractivity contribution is -0.115. The van der Waals surface area contributed by atoms with Crippen molar-refractivity contribution in [1.82, 2.24) is 4.31 Å². The molecule has 0 aliphatic carbocycles. The summed E-state index contributed by atoms with van der Waals surface area (Å²) in [6, 6.07) is 10.0. The normalized spacial score (nSPS) is 11.4. The number of benzene rings is 2. The van der Waals surface area contributed by atoms with Crippen LogP contribution in [-0.2, 0) is 21.2 Å². The van der Waals surface area contributed by atoms with E-state index in [2.05, 4.69) is 5.32 Å². The topological polar surface area (TPSA) is 75.7 Å². The molecule has 1 amide bonds. The molecule has 8 heteroatoms. The largest absolute Gasteiger partial charge is 0.492 e. The number of nitrogens with zero attached hydrogens (tertiary/aromatic N) is 1.